The van der Waals surface area contributed by atoms with Crippen molar-refractivity contribution in [1.29, 1.82) is 0 Å². The Labute approximate surface area is 118 Å². The van der Waals surface area contributed by atoms with Crippen LogP contribution in [0.4, 0.5) is 0 Å². The Morgan fingerprint density at radius 3 is 2.21 bits per heavy atom. The molecular weight excluding hydrogens is 291 g/mol. The molecular formula is C12H8Cl2N2O3. The largest absolute Gasteiger partial charge is 0.459 e. The first-order valence-electron chi connectivity index (χ1n) is 5.16. The van der Waals surface area contributed by atoms with Crippen LogP contribution in [-0.4, -0.2) is 11.8 Å². The Bertz CT molecular complexity index is 591. The van der Waals surface area contributed by atoms with E-state index >= 15 is 0 Å². The maximum absolute atomic E-state index is 11.7. The third-order valence-corrected chi connectivity index (χ3v) is 2.60. The van der Waals surface area contributed by atoms with Gasteiger partial charge >= 0.3 is 5.91 Å². The Balaban J connectivity index is 2.00. The van der Waals surface area contributed by atoms with Gasteiger partial charge in [0.2, 0.25) is 0 Å². The quantitative estimate of drug-likeness (QED) is 0.837. The number of amides is 2. The molecule has 2 aromatic rings. The second kappa shape index (κ2) is 5.77. The van der Waals surface area contributed by atoms with Crippen LogP contribution < -0.4 is 10.9 Å². The van der Waals surface area contributed by atoms with E-state index in [-0.39, 0.29) is 11.3 Å². The minimum absolute atomic E-state index is 0.0874. The molecule has 0 aliphatic rings. The molecule has 2 rings (SSSR count). The number of carbonyl (C=O) groups excluding carboxylic acids is 2. The van der Waals surface area contributed by atoms with Gasteiger partial charge in [0.1, 0.15) is 0 Å². The van der Waals surface area contributed by atoms with Crippen molar-refractivity contribution in [2.45, 2.75) is 0 Å². The molecule has 0 unspecified atom stereocenters. The molecule has 0 atom stereocenters. The first kappa shape index (κ1) is 13.5. The van der Waals surface area contributed by atoms with E-state index in [1.165, 1.54) is 30.5 Å². The Morgan fingerprint density at radius 1 is 1.00 bits per heavy atom. The number of hydrogen-bond acceptors (Lipinski definition) is 3. The lowest BCUT2D eigenvalue weighted by Crippen LogP contribution is -2.41. The van der Waals surface area contributed by atoms with Gasteiger partial charge in [0.25, 0.3) is 5.91 Å². The SMILES string of the molecule is O=C(NNC(=O)c1ccco1)c1cc(Cl)cc(Cl)c1. The van der Waals surface area contributed by atoms with Gasteiger partial charge in [-0.25, -0.2) is 0 Å². The molecule has 2 N–H and O–H groups in total. The van der Waals surface area contributed by atoms with Crippen LogP contribution in [0.5, 0.6) is 0 Å². The third-order valence-electron chi connectivity index (χ3n) is 2.16. The van der Waals surface area contributed by atoms with Crippen LogP contribution in [-0.2, 0) is 0 Å². The van der Waals surface area contributed by atoms with Gasteiger partial charge in [-0.15, -0.1) is 0 Å². The molecule has 7 heteroatoms. The number of furan rings is 1. The molecule has 19 heavy (non-hydrogen) atoms. The molecule has 1 aromatic carbocycles. The molecule has 5 nitrogen and oxygen atoms in total. The summed E-state index contributed by atoms with van der Waals surface area (Å²) in [7, 11) is 0. The lowest BCUT2D eigenvalue weighted by molar-refractivity contribution is 0.0831. The van der Waals surface area contributed by atoms with Crippen molar-refractivity contribution >= 4 is 35.0 Å². The molecule has 0 radical (unpaired) electrons. The Morgan fingerprint density at radius 2 is 1.63 bits per heavy atom. The zero-order valence-electron chi connectivity index (χ0n) is 9.44. The highest BCUT2D eigenvalue weighted by molar-refractivity contribution is 6.35. The first-order valence-corrected chi connectivity index (χ1v) is 5.92. The number of hydrazine groups is 1. The Hall–Kier alpha value is -1.98. The van der Waals surface area contributed by atoms with Gasteiger partial charge in [0.05, 0.1) is 6.26 Å². The predicted molar refractivity (Wildman–Crippen MR) is 70.1 cm³/mol. The Kier molecular flexibility index (Phi) is 4.09. The van der Waals surface area contributed by atoms with Gasteiger partial charge in [-0.05, 0) is 30.3 Å². The van der Waals surface area contributed by atoms with Crippen molar-refractivity contribution < 1.29 is 14.0 Å². The summed E-state index contributed by atoms with van der Waals surface area (Å²) >= 11 is 11.5. The molecule has 0 fully saturated rings. The average molecular weight is 299 g/mol. The highest BCUT2D eigenvalue weighted by atomic mass is 35.5. The zero-order valence-corrected chi connectivity index (χ0v) is 11.0. The number of nitrogens with one attached hydrogen (secondary N) is 2. The van der Waals surface area contributed by atoms with Gasteiger partial charge in [-0.3, -0.25) is 20.4 Å². The van der Waals surface area contributed by atoms with E-state index in [1.807, 2.05) is 0 Å². The predicted octanol–water partition coefficient (Wildman–Crippen LogP) is 2.66. The monoisotopic (exact) mass is 298 g/mol. The zero-order chi connectivity index (χ0) is 13.8. The molecule has 2 amide bonds. The molecule has 0 spiro atoms. The molecule has 0 saturated heterocycles. The molecule has 0 bridgehead atoms. The smallest absolute Gasteiger partial charge is 0.305 e. The van der Waals surface area contributed by atoms with Gasteiger partial charge in [-0.1, -0.05) is 23.2 Å². The summed E-state index contributed by atoms with van der Waals surface area (Å²) < 4.78 is 4.87. The molecule has 0 aliphatic heterocycles. The average Bonchev–Trinajstić information content (AvgIpc) is 2.88. The molecule has 98 valence electrons. The van der Waals surface area contributed by atoms with Crippen LogP contribution in [0.15, 0.2) is 41.0 Å². The summed E-state index contributed by atoms with van der Waals surface area (Å²) in [6.07, 6.45) is 1.35. The normalized spacial score (nSPS) is 10.0. The van der Waals surface area contributed by atoms with Crippen molar-refractivity contribution in [2.24, 2.45) is 0 Å². The second-order valence-electron chi connectivity index (χ2n) is 3.54. The van der Waals surface area contributed by atoms with Crippen molar-refractivity contribution in [3.63, 3.8) is 0 Å². The van der Waals surface area contributed by atoms with Crippen LogP contribution >= 0.6 is 23.2 Å². The van der Waals surface area contributed by atoms with Crippen molar-refractivity contribution in [3.8, 4) is 0 Å². The van der Waals surface area contributed by atoms with E-state index in [9.17, 15) is 9.59 Å². The number of hydrogen-bond donors (Lipinski definition) is 2. The summed E-state index contributed by atoms with van der Waals surface area (Å²) in [5.41, 5.74) is 4.66. The summed E-state index contributed by atoms with van der Waals surface area (Å²) in [5.74, 6) is -1.01. The number of rotatable bonds is 2. The summed E-state index contributed by atoms with van der Waals surface area (Å²) in [6, 6.07) is 7.40. The maximum Gasteiger partial charge on any atom is 0.305 e. The van der Waals surface area contributed by atoms with E-state index in [2.05, 4.69) is 10.9 Å². The minimum Gasteiger partial charge on any atom is -0.459 e. The van der Waals surface area contributed by atoms with Crippen molar-refractivity contribution in [3.05, 3.63) is 58.0 Å². The first-order chi connectivity index (χ1) is 9.06. The van der Waals surface area contributed by atoms with Crippen molar-refractivity contribution in [2.75, 3.05) is 0 Å². The van der Waals surface area contributed by atoms with Gasteiger partial charge in [0.15, 0.2) is 5.76 Å². The van der Waals surface area contributed by atoms with Crippen LogP contribution in [0.2, 0.25) is 10.0 Å². The standard InChI is InChI=1S/C12H8Cl2N2O3/c13-8-4-7(5-9(14)6-8)11(17)15-16-12(18)10-2-1-3-19-10/h1-6H,(H,15,17)(H,16,18). The summed E-state index contributed by atoms with van der Waals surface area (Å²) in [4.78, 5) is 23.3. The van der Waals surface area contributed by atoms with Crippen molar-refractivity contribution in [1.82, 2.24) is 10.9 Å². The molecule has 1 heterocycles. The molecule has 0 saturated carbocycles. The van der Waals surface area contributed by atoms with Crippen LogP contribution in [0.25, 0.3) is 0 Å². The number of halogens is 2. The van der Waals surface area contributed by atoms with Crippen LogP contribution in [0, 0.1) is 0 Å². The van der Waals surface area contributed by atoms with Gasteiger partial charge < -0.3 is 4.42 Å². The third kappa shape index (κ3) is 3.49. The molecule has 1 aromatic heterocycles. The van der Waals surface area contributed by atoms with E-state index < -0.39 is 11.8 Å². The number of carbonyl (C=O) groups is 2. The van der Waals surface area contributed by atoms with Gasteiger partial charge in [0, 0.05) is 15.6 Å². The topological polar surface area (TPSA) is 71.3 Å². The highest BCUT2D eigenvalue weighted by Crippen LogP contribution is 2.18. The fraction of sp³-hybridized carbons (Fsp3) is 0. The lowest BCUT2D eigenvalue weighted by atomic mass is 10.2. The van der Waals surface area contributed by atoms with E-state index in [0.717, 1.165) is 0 Å². The number of benzene rings is 1. The summed E-state index contributed by atoms with van der Waals surface area (Å²) in [5, 5.41) is 0.657. The fourth-order valence-electron chi connectivity index (χ4n) is 1.34. The lowest BCUT2D eigenvalue weighted by Gasteiger charge is -2.06. The van der Waals surface area contributed by atoms with E-state index in [1.54, 1.807) is 6.07 Å². The van der Waals surface area contributed by atoms with Crippen LogP contribution in [0.1, 0.15) is 20.9 Å². The second-order valence-corrected chi connectivity index (χ2v) is 4.42. The van der Waals surface area contributed by atoms with Crippen LogP contribution in [0.3, 0.4) is 0 Å². The summed E-state index contributed by atoms with van der Waals surface area (Å²) in [6.45, 7) is 0. The maximum atomic E-state index is 11.7. The minimum atomic E-state index is -0.563. The van der Waals surface area contributed by atoms with E-state index in [4.69, 9.17) is 27.6 Å². The molecule has 0 aliphatic carbocycles. The fourth-order valence-corrected chi connectivity index (χ4v) is 1.87. The van der Waals surface area contributed by atoms with Gasteiger partial charge in [-0.2, -0.15) is 0 Å². The highest BCUT2D eigenvalue weighted by Gasteiger charge is 2.11. The van der Waals surface area contributed by atoms with E-state index in [0.29, 0.717) is 10.0 Å².